The second kappa shape index (κ2) is 5.56. The average Bonchev–Trinajstić information content (AvgIpc) is 2.88. The number of hydrogen-bond donors (Lipinski definition) is 1. The Bertz CT molecular complexity index is 640. The van der Waals surface area contributed by atoms with Gasteiger partial charge in [-0.05, 0) is 35.1 Å². The zero-order valence-electron chi connectivity index (χ0n) is 10.8. The summed E-state index contributed by atoms with van der Waals surface area (Å²) in [6.07, 6.45) is 0.904. The summed E-state index contributed by atoms with van der Waals surface area (Å²) >= 11 is 7.92. The number of halogens is 1. The van der Waals surface area contributed by atoms with Crippen molar-refractivity contribution in [3.63, 3.8) is 0 Å². The molecule has 0 fully saturated rings. The van der Waals surface area contributed by atoms with E-state index in [1.54, 1.807) is 23.5 Å². The third kappa shape index (κ3) is 2.46. The number of carbonyl (C=O) groups is 1. The summed E-state index contributed by atoms with van der Waals surface area (Å²) in [6, 6.07) is 8.58. The van der Waals surface area contributed by atoms with Crippen LogP contribution in [-0.2, 0) is 17.8 Å². The fraction of sp³-hybridized carbons (Fsp3) is 0.267. The molecule has 0 aliphatic carbocycles. The maximum absolute atomic E-state index is 11.7. The van der Waals surface area contributed by atoms with Gasteiger partial charge in [-0.2, -0.15) is 0 Å². The number of aliphatic carboxylic acids is 1. The molecule has 0 amide bonds. The molecular formula is C15H14ClNO2S. The predicted octanol–water partition coefficient (Wildman–Crippen LogP) is 3.59. The summed E-state index contributed by atoms with van der Waals surface area (Å²) in [6.45, 7) is 1.41. The topological polar surface area (TPSA) is 40.5 Å². The number of thiophene rings is 1. The van der Waals surface area contributed by atoms with Crippen LogP contribution in [0.2, 0.25) is 5.02 Å². The molecule has 104 valence electrons. The van der Waals surface area contributed by atoms with Crippen LogP contribution in [0.1, 0.15) is 22.0 Å². The largest absolute Gasteiger partial charge is 0.480 e. The van der Waals surface area contributed by atoms with Crippen molar-refractivity contribution in [3.8, 4) is 0 Å². The summed E-state index contributed by atoms with van der Waals surface area (Å²) in [5.41, 5.74) is 1.90. The Morgan fingerprint density at radius 3 is 2.90 bits per heavy atom. The van der Waals surface area contributed by atoms with Crippen LogP contribution >= 0.6 is 22.9 Å². The normalized spacial score (nSPS) is 16.6. The van der Waals surface area contributed by atoms with Gasteiger partial charge in [0.15, 0.2) is 0 Å². The number of nitrogens with zero attached hydrogens (tertiary/aromatic N) is 1. The molecule has 0 saturated heterocycles. The van der Waals surface area contributed by atoms with E-state index < -0.39 is 12.0 Å². The smallest absolute Gasteiger partial charge is 0.325 e. The zero-order chi connectivity index (χ0) is 14.1. The molecule has 1 atom stereocenters. The van der Waals surface area contributed by atoms with Crippen LogP contribution in [-0.4, -0.2) is 22.5 Å². The standard InChI is InChI=1S/C15H14ClNO2S/c16-12-4-2-1-3-11(12)14(15(18)19)17-7-5-13-10(9-17)6-8-20-13/h1-4,6,8,14H,5,7,9H2,(H,18,19)/i1+1,2+1,3+1,4+1,11+1,12+1. The number of carboxylic acids is 1. The van der Waals surface area contributed by atoms with E-state index in [0.717, 1.165) is 13.0 Å². The van der Waals surface area contributed by atoms with Crippen LogP contribution < -0.4 is 0 Å². The lowest BCUT2D eigenvalue weighted by Gasteiger charge is -2.32. The lowest BCUT2D eigenvalue weighted by atomic mass is 10.1. The van der Waals surface area contributed by atoms with E-state index in [-0.39, 0.29) is 0 Å². The third-order valence-corrected chi connectivity index (χ3v) is 5.00. The second-order valence-corrected chi connectivity index (χ2v) is 6.26. The van der Waals surface area contributed by atoms with Crippen molar-refractivity contribution in [2.24, 2.45) is 0 Å². The van der Waals surface area contributed by atoms with Gasteiger partial charge in [0, 0.05) is 23.0 Å². The zero-order valence-corrected chi connectivity index (χ0v) is 12.3. The molecule has 3 rings (SSSR count). The van der Waals surface area contributed by atoms with Gasteiger partial charge in [-0.3, -0.25) is 9.69 Å². The molecule has 0 spiro atoms. The minimum Gasteiger partial charge on any atom is -0.480 e. The van der Waals surface area contributed by atoms with E-state index in [1.165, 1.54) is 10.4 Å². The molecule has 1 aliphatic rings. The molecule has 5 heteroatoms. The van der Waals surface area contributed by atoms with Crippen LogP contribution in [0.25, 0.3) is 0 Å². The Labute approximate surface area is 126 Å². The predicted molar refractivity (Wildman–Crippen MR) is 80.3 cm³/mol. The minimum atomic E-state index is -0.850. The van der Waals surface area contributed by atoms with Crippen LogP contribution in [0.3, 0.4) is 0 Å². The quantitative estimate of drug-likeness (QED) is 0.941. The van der Waals surface area contributed by atoms with E-state index in [1.807, 2.05) is 17.0 Å². The first-order chi connectivity index (χ1) is 9.66. The van der Waals surface area contributed by atoms with Crippen molar-refractivity contribution in [3.05, 3.63) is 56.7 Å². The van der Waals surface area contributed by atoms with Gasteiger partial charge in [-0.15, -0.1) is 11.3 Å². The van der Waals surface area contributed by atoms with Crippen LogP contribution in [0.4, 0.5) is 0 Å². The lowest BCUT2D eigenvalue weighted by Crippen LogP contribution is -2.37. The molecule has 1 aromatic heterocycles. The summed E-state index contributed by atoms with van der Waals surface area (Å²) in [4.78, 5) is 15.1. The summed E-state index contributed by atoms with van der Waals surface area (Å²) < 4.78 is 0. The van der Waals surface area contributed by atoms with Crippen molar-refractivity contribution in [2.75, 3.05) is 6.54 Å². The van der Waals surface area contributed by atoms with E-state index in [2.05, 4.69) is 11.4 Å². The highest BCUT2D eigenvalue weighted by molar-refractivity contribution is 7.10. The number of carboxylic acid groups (broad SMARTS) is 1. The highest BCUT2D eigenvalue weighted by Crippen LogP contribution is 2.33. The number of rotatable bonds is 3. The van der Waals surface area contributed by atoms with Gasteiger partial charge in [0.1, 0.15) is 6.04 Å². The Morgan fingerprint density at radius 2 is 2.15 bits per heavy atom. The van der Waals surface area contributed by atoms with Gasteiger partial charge in [0.05, 0.1) is 0 Å². The van der Waals surface area contributed by atoms with Gasteiger partial charge in [-0.25, -0.2) is 0 Å². The van der Waals surface area contributed by atoms with Gasteiger partial charge in [0.25, 0.3) is 0 Å². The fourth-order valence-corrected chi connectivity index (χ4v) is 3.80. The SMILES string of the molecule is O=C(O)C([13c]1[13cH][13cH][13cH][13cH][13c]1Cl)N1CCc2sccc2C1. The monoisotopic (exact) mass is 313 g/mol. The molecule has 3 nitrogen and oxygen atoms in total. The molecule has 0 saturated carbocycles. The molecule has 1 aromatic carbocycles. The number of fused-ring (bicyclic) bond motifs is 1. The van der Waals surface area contributed by atoms with Gasteiger partial charge >= 0.3 is 5.97 Å². The molecule has 1 N–H and O–H groups in total. The second-order valence-electron chi connectivity index (χ2n) is 4.85. The molecule has 0 radical (unpaired) electrons. The van der Waals surface area contributed by atoms with Crippen LogP contribution in [0.15, 0.2) is 35.7 Å². The molecule has 0 bridgehead atoms. The van der Waals surface area contributed by atoms with Crippen molar-refractivity contribution < 1.29 is 9.90 Å². The van der Waals surface area contributed by atoms with E-state index in [4.69, 9.17) is 11.6 Å². The Hall–Kier alpha value is -1.36. The van der Waals surface area contributed by atoms with Crippen molar-refractivity contribution in [1.29, 1.82) is 0 Å². The minimum absolute atomic E-state index is 0.510. The third-order valence-electron chi connectivity index (χ3n) is 3.64. The average molecular weight is 314 g/mol. The molecule has 1 unspecified atom stereocenters. The highest BCUT2D eigenvalue weighted by Gasteiger charge is 2.31. The molecule has 20 heavy (non-hydrogen) atoms. The first kappa shape index (κ1) is 13.6. The van der Waals surface area contributed by atoms with Gasteiger partial charge in [0.2, 0.25) is 0 Å². The first-order valence-electron chi connectivity index (χ1n) is 6.43. The Morgan fingerprint density at radius 1 is 1.35 bits per heavy atom. The number of benzene rings is 1. The highest BCUT2D eigenvalue weighted by atomic mass is 35.5. The van der Waals surface area contributed by atoms with Crippen molar-refractivity contribution >= 4 is 28.9 Å². The van der Waals surface area contributed by atoms with E-state index >= 15 is 0 Å². The summed E-state index contributed by atoms with van der Waals surface area (Å²) in [5, 5.41) is 12.2. The van der Waals surface area contributed by atoms with Gasteiger partial charge in [-0.1, -0.05) is 29.8 Å². The van der Waals surface area contributed by atoms with Crippen LogP contribution in [0, 0.1) is 0 Å². The summed E-state index contributed by atoms with van der Waals surface area (Å²) in [7, 11) is 0. The number of hydrogen-bond acceptors (Lipinski definition) is 3. The summed E-state index contributed by atoms with van der Waals surface area (Å²) in [5.74, 6) is -0.850. The van der Waals surface area contributed by atoms with E-state index in [9.17, 15) is 9.90 Å². The molecular weight excluding hydrogens is 300 g/mol. The van der Waals surface area contributed by atoms with Crippen molar-refractivity contribution in [2.45, 2.75) is 19.0 Å². The van der Waals surface area contributed by atoms with Gasteiger partial charge < -0.3 is 5.11 Å². The Balaban J connectivity index is 1.93. The fourth-order valence-electron chi connectivity index (χ4n) is 2.67. The maximum atomic E-state index is 11.7. The molecule has 1 aliphatic heterocycles. The maximum Gasteiger partial charge on any atom is 0.325 e. The van der Waals surface area contributed by atoms with Crippen molar-refractivity contribution in [1.82, 2.24) is 4.90 Å². The van der Waals surface area contributed by atoms with Crippen LogP contribution in [0.5, 0.6) is 0 Å². The first-order valence-corrected chi connectivity index (χ1v) is 7.69. The Kier molecular flexibility index (Phi) is 3.78. The van der Waals surface area contributed by atoms with E-state index in [0.29, 0.717) is 17.1 Å². The lowest BCUT2D eigenvalue weighted by molar-refractivity contribution is -0.144. The molecule has 2 heterocycles. The molecule has 2 aromatic rings.